The molecule has 3 heteroatoms. The number of benzene rings is 2. The Balaban J connectivity index is 1.70. The van der Waals surface area contributed by atoms with Crippen molar-refractivity contribution in [2.75, 3.05) is 13.2 Å². The summed E-state index contributed by atoms with van der Waals surface area (Å²) in [6.45, 7) is 4.33. The van der Waals surface area contributed by atoms with Crippen LogP contribution in [0.1, 0.15) is 28.3 Å². The molecule has 0 fully saturated rings. The van der Waals surface area contributed by atoms with Gasteiger partial charge in [0.1, 0.15) is 18.5 Å². The summed E-state index contributed by atoms with van der Waals surface area (Å²) in [6.07, 6.45) is 0.570. The van der Waals surface area contributed by atoms with Gasteiger partial charge in [-0.3, -0.25) is 4.90 Å². The fraction of sp³-hybridized carbons (Fsp3) is 0.368. The van der Waals surface area contributed by atoms with Crippen molar-refractivity contribution >= 4 is 0 Å². The van der Waals surface area contributed by atoms with Gasteiger partial charge in [-0.2, -0.15) is 0 Å². The summed E-state index contributed by atoms with van der Waals surface area (Å²) >= 11 is 0. The summed E-state index contributed by atoms with van der Waals surface area (Å²) in [5.74, 6) is 0.916. The molecule has 3 nitrogen and oxygen atoms in total. The van der Waals surface area contributed by atoms with Crippen molar-refractivity contribution in [3.8, 4) is 5.75 Å². The number of hydrogen-bond acceptors (Lipinski definition) is 3. The summed E-state index contributed by atoms with van der Waals surface area (Å²) in [6, 6.07) is 14.9. The van der Waals surface area contributed by atoms with Crippen LogP contribution in [-0.4, -0.2) is 29.3 Å². The smallest absolute Gasteiger partial charge is 0.124 e. The molecule has 0 aromatic heterocycles. The molecule has 0 saturated carbocycles. The number of nitrogens with zero attached hydrogens (tertiary/aromatic N) is 1. The van der Waals surface area contributed by atoms with E-state index in [1.165, 1.54) is 16.7 Å². The van der Waals surface area contributed by atoms with E-state index in [2.05, 4.69) is 48.2 Å². The van der Waals surface area contributed by atoms with Crippen molar-refractivity contribution in [1.82, 2.24) is 4.90 Å². The van der Waals surface area contributed by atoms with Crippen LogP contribution in [0.25, 0.3) is 0 Å². The third-order valence-corrected chi connectivity index (χ3v) is 4.81. The number of aliphatic hydroxyl groups is 1. The highest BCUT2D eigenvalue weighted by molar-refractivity contribution is 5.42. The van der Waals surface area contributed by atoms with Crippen molar-refractivity contribution in [3.63, 3.8) is 0 Å². The van der Waals surface area contributed by atoms with Crippen molar-refractivity contribution in [3.05, 3.63) is 64.7 Å². The first-order valence-corrected chi connectivity index (χ1v) is 7.94. The molecule has 4 rings (SSSR count). The molecule has 0 bridgehead atoms. The minimum absolute atomic E-state index is 0.0250. The monoisotopic (exact) mass is 295 g/mol. The topological polar surface area (TPSA) is 32.7 Å². The van der Waals surface area contributed by atoms with E-state index in [-0.39, 0.29) is 6.04 Å². The van der Waals surface area contributed by atoms with Crippen molar-refractivity contribution in [2.45, 2.75) is 32.0 Å². The first-order valence-electron chi connectivity index (χ1n) is 7.94. The van der Waals surface area contributed by atoms with Crippen LogP contribution in [0.5, 0.6) is 5.75 Å². The Hall–Kier alpha value is -1.84. The minimum Gasteiger partial charge on any atom is -0.490 e. The predicted molar refractivity (Wildman–Crippen MR) is 86.0 cm³/mol. The predicted octanol–water partition coefficient (Wildman–Crippen LogP) is 2.85. The highest BCUT2D eigenvalue weighted by atomic mass is 16.5. The third-order valence-electron chi connectivity index (χ3n) is 4.81. The Morgan fingerprint density at radius 1 is 1.14 bits per heavy atom. The van der Waals surface area contributed by atoms with Crippen molar-refractivity contribution < 1.29 is 9.84 Å². The molecule has 2 aromatic rings. The zero-order chi connectivity index (χ0) is 15.1. The molecule has 114 valence electrons. The second-order valence-electron chi connectivity index (χ2n) is 6.35. The molecule has 1 N–H and O–H groups in total. The number of fused-ring (bicyclic) bond motifs is 2. The fourth-order valence-electron chi connectivity index (χ4n) is 3.70. The maximum Gasteiger partial charge on any atom is 0.124 e. The van der Waals surface area contributed by atoms with E-state index in [0.29, 0.717) is 6.61 Å². The zero-order valence-electron chi connectivity index (χ0n) is 12.8. The molecule has 22 heavy (non-hydrogen) atoms. The molecule has 2 aliphatic rings. The lowest BCUT2D eigenvalue weighted by molar-refractivity contribution is -0.00552. The van der Waals surface area contributed by atoms with Crippen LogP contribution < -0.4 is 4.74 Å². The first kappa shape index (κ1) is 13.8. The van der Waals surface area contributed by atoms with Crippen LogP contribution in [0.15, 0.2) is 42.5 Å². The van der Waals surface area contributed by atoms with Crippen LogP contribution in [0.3, 0.4) is 0 Å². The van der Waals surface area contributed by atoms with E-state index in [1.807, 2.05) is 6.07 Å². The van der Waals surface area contributed by atoms with Gasteiger partial charge in [0.2, 0.25) is 0 Å². The van der Waals surface area contributed by atoms with Gasteiger partial charge in [-0.25, -0.2) is 0 Å². The number of aryl methyl sites for hydroxylation is 1. The Kier molecular flexibility index (Phi) is 3.40. The van der Waals surface area contributed by atoms with E-state index < -0.39 is 6.10 Å². The summed E-state index contributed by atoms with van der Waals surface area (Å²) in [5, 5.41) is 10.5. The van der Waals surface area contributed by atoms with Gasteiger partial charge >= 0.3 is 0 Å². The van der Waals surface area contributed by atoms with Gasteiger partial charge in [0, 0.05) is 18.7 Å². The average Bonchev–Trinajstić information content (AvgIpc) is 2.54. The first-order chi connectivity index (χ1) is 10.7. The molecule has 2 atom stereocenters. The van der Waals surface area contributed by atoms with Crippen LogP contribution in [0.2, 0.25) is 0 Å². The van der Waals surface area contributed by atoms with Gasteiger partial charge in [0.05, 0.1) is 6.04 Å². The van der Waals surface area contributed by atoms with Crippen LogP contribution >= 0.6 is 0 Å². The summed E-state index contributed by atoms with van der Waals surface area (Å²) < 4.78 is 5.70. The van der Waals surface area contributed by atoms with Crippen LogP contribution in [-0.2, 0) is 13.0 Å². The second-order valence-corrected chi connectivity index (χ2v) is 6.35. The highest BCUT2D eigenvalue weighted by Crippen LogP contribution is 2.38. The van der Waals surface area contributed by atoms with E-state index in [0.717, 1.165) is 30.8 Å². The van der Waals surface area contributed by atoms with Gasteiger partial charge in [0.15, 0.2) is 0 Å². The summed E-state index contributed by atoms with van der Waals surface area (Å²) in [5.41, 5.74) is 5.14. The quantitative estimate of drug-likeness (QED) is 0.878. The highest BCUT2D eigenvalue weighted by Gasteiger charge is 2.35. The minimum atomic E-state index is -0.473. The molecule has 0 spiro atoms. The second kappa shape index (κ2) is 5.41. The Morgan fingerprint density at radius 3 is 2.82 bits per heavy atom. The fourth-order valence-corrected chi connectivity index (χ4v) is 3.70. The number of aliphatic hydroxyl groups excluding tert-OH is 1. The molecular weight excluding hydrogens is 274 g/mol. The molecule has 0 aliphatic carbocycles. The number of ether oxygens (including phenoxy) is 1. The molecule has 2 aromatic carbocycles. The molecule has 2 unspecified atom stereocenters. The van der Waals surface area contributed by atoms with E-state index in [4.69, 9.17) is 4.74 Å². The van der Waals surface area contributed by atoms with Gasteiger partial charge in [-0.1, -0.05) is 42.0 Å². The van der Waals surface area contributed by atoms with E-state index in [9.17, 15) is 5.11 Å². The maximum absolute atomic E-state index is 10.5. The zero-order valence-corrected chi connectivity index (χ0v) is 12.8. The lowest BCUT2D eigenvalue weighted by Crippen LogP contribution is -2.44. The van der Waals surface area contributed by atoms with Gasteiger partial charge in [0.25, 0.3) is 0 Å². The van der Waals surface area contributed by atoms with Crippen molar-refractivity contribution in [1.29, 1.82) is 0 Å². The van der Waals surface area contributed by atoms with Crippen molar-refractivity contribution in [2.24, 2.45) is 0 Å². The lowest BCUT2D eigenvalue weighted by atomic mass is 9.91. The third kappa shape index (κ3) is 2.31. The molecule has 0 saturated heterocycles. The number of rotatable bonds is 1. The molecule has 0 amide bonds. The summed E-state index contributed by atoms with van der Waals surface area (Å²) in [7, 11) is 0. The molecule has 0 radical (unpaired) electrons. The van der Waals surface area contributed by atoms with Gasteiger partial charge in [-0.05, 0) is 30.5 Å². The van der Waals surface area contributed by atoms with E-state index in [1.54, 1.807) is 0 Å². The van der Waals surface area contributed by atoms with Crippen LogP contribution in [0, 0.1) is 6.92 Å². The van der Waals surface area contributed by atoms with Crippen LogP contribution in [0.4, 0.5) is 0 Å². The van der Waals surface area contributed by atoms with Gasteiger partial charge < -0.3 is 9.84 Å². The SMILES string of the molecule is Cc1ccc2c(c1)C(N1CCc3ccccc3C1)C(O)CO2. The molecular formula is C19H21NO2. The number of hydrogen-bond donors (Lipinski definition) is 1. The lowest BCUT2D eigenvalue weighted by Gasteiger charge is -2.41. The maximum atomic E-state index is 10.5. The average molecular weight is 295 g/mol. The normalized spacial score (nSPS) is 24.3. The Morgan fingerprint density at radius 2 is 1.95 bits per heavy atom. The van der Waals surface area contributed by atoms with Gasteiger partial charge in [-0.15, -0.1) is 0 Å². The Labute approximate surface area is 131 Å². The largest absolute Gasteiger partial charge is 0.490 e. The van der Waals surface area contributed by atoms with E-state index >= 15 is 0 Å². The summed E-state index contributed by atoms with van der Waals surface area (Å²) in [4.78, 5) is 2.40. The molecule has 2 aliphatic heterocycles. The standard InChI is InChI=1S/C19H21NO2/c1-13-6-7-18-16(10-13)19(17(21)12-22-18)20-9-8-14-4-2-3-5-15(14)11-20/h2-7,10,17,19,21H,8-9,11-12H2,1H3. The molecule has 2 heterocycles. The Bertz CT molecular complexity index is 698.